The molecule has 0 radical (unpaired) electrons. The maximum atomic E-state index is 13.2. The summed E-state index contributed by atoms with van der Waals surface area (Å²) in [5.74, 6) is -1.38. The molecule has 3 amide bonds. The number of rotatable bonds is 8. The number of carbonyl (C=O) groups is 3. The summed E-state index contributed by atoms with van der Waals surface area (Å²) in [7, 11) is -3.72. The molecule has 3 N–H and O–H groups in total. The third-order valence-corrected chi connectivity index (χ3v) is 7.57. The van der Waals surface area contributed by atoms with Crippen LogP contribution in [0.2, 0.25) is 0 Å². The van der Waals surface area contributed by atoms with Gasteiger partial charge in [0.1, 0.15) is 11.9 Å². The summed E-state index contributed by atoms with van der Waals surface area (Å²) < 4.78 is 40.5. The Hall–Kier alpha value is -3.31. The topological polar surface area (TPSA) is 125 Å². The zero-order valence-electron chi connectivity index (χ0n) is 19.6. The molecule has 1 fully saturated rings. The van der Waals surface area contributed by atoms with E-state index in [4.69, 9.17) is 0 Å². The standard InChI is InChI=1S/C24H29FN4O5S/c1-16(30)26-20-7-9-22(10-8-20)35(33,34)29-13-11-21(12-14-29)28-24(32)23(27-17(2)31)15-18-3-5-19(25)6-4-18/h3-10,21,23H,11-15H2,1-2H3,(H,26,30)(H,27,31)(H,28,32)/t23-/m1/s1. The second kappa shape index (κ2) is 11.4. The van der Waals surface area contributed by atoms with Crippen molar-refractivity contribution in [3.63, 3.8) is 0 Å². The van der Waals surface area contributed by atoms with Crippen LogP contribution in [0.5, 0.6) is 0 Å². The first kappa shape index (κ1) is 26.3. The molecule has 1 atom stereocenters. The zero-order valence-corrected chi connectivity index (χ0v) is 20.4. The van der Waals surface area contributed by atoms with Gasteiger partial charge in [-0.15, -0.1) is 0 Å². The lowest BCUT2D eigenvalue weighted by atomic mass is 10.0. The van der Waals surface area contributed by atoms with Gasteiger partial charge >= 0.3 is 0 Å². The third kappa shape index (κ3) is 7.33. The Labute approximate surface area is 204 Å². The van der Waals surface area contributed by atoms with Crippen molar-refractivity contribution >= 4 is 33.4 Å². The van der Waals surface area contributed by atoms with E-state index in [1.807, 2.05) is 0 Å². The highest BCUT2D eigenvalue weighted by atomic mass is 32.2. The average Bonchev–Trinajstić information content (AvgIpc) is 2.80. The summed E-state index contributed by atoms with van der Waals surface area (Å²) >= 11 is 0. The Morgan fingerprint density at radius 3 is 2.11 bits per heavy atom. The van der Waals surface area contributed by atoms with Gasteiger partial charge < -0.3 is 16.0 Å². The molecule has 0 spiro atoms. The predicted octanol–water partition coefficient (Wildman–Crippen LogP) is 1.80. The molecule has 2 aromatic rings. The van der Waals surface area contributed by atoms with Crippen molar-refractivity contribution in [1.29, 1.82) is 0 Å². The van der Waals surface area contributed by atoms with Gasteiger partial charge in [0, 0.05) is 45.1 Å². The first-order valence-corrected chi connectivity index (χ1v) is 12.7. The largest absolute Gasteiger partial charge is 0.351 e. The molecule has 35 heavy (non-hydrogen) atoms. The molecule has 0 saturated carbocycles. The summed E-state index contributed by atoms with van der Waals surface area (Å²) in [5, 5.41) is 8.12. The number of nitrogens with zero attached hydrogens (tertiary/aromatic N) is 1. The lowest BCUT2D eigenvalue weighted by molar-refractivity contribution is -0.128. The molecule has 1 saturated heterocycles. The maximum absolute atomic E-state index is 13.2. The van der Waals surface area contributed by atoms with E-state index in [0.29, 0.717) is 24.1 Å². The Bertz CT molecular complexity index is 1160. The Morgan fingerprint density at radius 2 is 1.57 bits per heavy atom. The predicted molar refractivity (Wildman–Crippen MR) is 128 cm³/mol. The summed E-state index contributed by atoms with van der Waals surface area (Å²) in [4.78, 5) is 35.7. The van der Waals surface area contributed by atoms with E-state index in [-0.39, 0.29) is 54.0 Å². The van der Waals surface area contributed by atoms with E-state index < -0.39 is 16.1 Å². The normalized spacial score (nSPS) is 15.7. The molecular weight excluding hydrogens is 475 g/mol. The molecule has 0 unspecified atom stereocenters. The number of hydrogen-bond donors (Lipinski definition) is 3. The van der Waals surface area contributed by atoms with Gasteiger partial charge in [0.15, 0.2) is 0 Å². The number of sulfonamides is 1. The highest BCUT2D eigenvalue weighted by Crippen LogP contribution is 2.22. The van der Waals surface area contributed by atoms with Crippen LogP contribution in [0.15, 0.2) is 53.4 Å². The SMILES string of the molecule is CC(=O)Nc1ccc(S(=O)(=O)N2CCC(NC(=O)[C@@H](Cc3ccc(F)cc3)NC(C)=O)CC2)cc1. The van der Waals surface area contributed by atoms with Gasteiger partial charge in [-0.05, 0) is 54.8 Å². The van der Waals surface area contributed by atoms with Crippen LogP contribution in [0.3, 0.4) is 0 Å². The molecule has 2 aromatic carbocycles. The molecular formula is C24H29FN4O5S. The molecule has 0 aromatic heterocycles. The van der Waals surface area contributed by atoms with E-state index in [1.165, 1.54) is 54.6 Å². The first-order chi connectivity index (χ1) is 16.5. The molecule has 1 heterocycles. The van der Waals surface area contributed by atoms with E-state index in [9.17, 15) is 27.2 Å². The molecule has 0 aliphatic carbocycles. The van der Waals surface area contributed by atoms with E-state index in [2.05, 4.69) is 16.0 Å². The van der Waals surface area contributed by atoms with Crippen molar-refractivity contribution < 1.29 is 27.2 Å². The quantitative estimate of drug-likeness (QED) is 0.506. The summed E-state index contributed by atoms with van der Waals surface area (Å²) in [6, 6.07) is 10.6. The van der Waals surface area contributed by atoms with Gasteiger partial charge in [0.25, 0.3) is 0 Å². The summed E-state index contributed by atoms with van der Waals surface area (Å²) in [6.07, 6.45) is 1.03. The molecule has 3 rings (SSSR count). The fourth-order valence-electron chi connectivity index (χ4n) is 3.92. The number of halogens is 1. The lowest BCUT2D eigenvalue weighted by Crippen LogP contribution is -2.53. The van der Waals surface area contributed by atoms with Crippen LogP contribution in [0.1, 0.15) is 32.3 Å². The Balaban J connectivity index is 1.58. The number of amides is 3. The zero-order chi connectivity index (χ0) is 25.6. The molecule has 188 valence electrons. The molecule has 11 heteroatoms. The van der Waals surface area contributed by atoms with Gasteiger partial charge in [-0.3, -0.25) is 14.4 Å². The highest BCUT2D eigenvalue weighted by Gasteiger charge is 2.31. The average molecular weight is 505 g/mol. The van der Waals surface area contributed by atoms with Gasteiger partial charge in [-0.2, -0.15) is 4.31 Å². The minimum absolute atomic E-state index is 0.124. The fraction of sp³-hybridized carbons (Fsp3) is 0.375. The second-order valence-corrected chi connectivity index (χ2v) is 10.4. The van der Waals surface area contributed by atoms with Crippen molar-refractivity contribution in [2.75, 3.05) is 18.4 Å². The summed E-state index contributed by atoms with van der Waals surface area (Å²) in [5.41, 5.74) is 1.21. The van der Waals surface area contributed by atoms with Gasteiger partial charge in [-0.25, -0.2) is 12.8 Å². The summed E-state index contributed by atoms with van der Waals surface area (Å²) in [6.45, 7) is 3.14. The van der Waals surface area contributed by atoms with E-state index >= 15 is 0 Å². The molecule has 9 nitrogen and oxygen atoms in total. The number of carbonyl (C=O) groups excluding carboxylic acids is 3. The van der Waals surface area contributed by atoms with Crippen molar-refractivity contribution in [3.05, 3.63) is 59.9 Å². The Morgan fingerprint density at radius 1 is 0.971 bits per heavy atom. The minimum atomic E-state index is -3.72. The molecule has 0 bridgehead atoms. The maximum Gasteiger partial charge on any atom is 0.243 e. The first-order valence-electron chi connectivity index (χ1n) is 11.2. The van der Waals surface area contributed by atoms with Crippen molar-refractivity contribution in [2.45, 2.75) is 50.1 Å². The van der Waals surface area contributed by atoms with Crippen molar-refractivity contribution in [3.8, 4) is 0 Å². The van der Waals surface area contributed by atoms with Crippen LogP contribution in [0.25, 0.3) is 0 Å². The number of anilines is 1. The monoisotopic (exact) mass is 504 g/mol. The smallest absolute Gasteiger partial charge is 0.243 e. The number of benzene rings is 2. The molecule has 1 aliphatic heterocycles. The van der Waals surface area contributed by atoms with Crippen LogP contribution < -0.4 is 16.0 Å². The number of nitrogens with one attached hydrogen (secondary N) is 3. The van der Waals surface area contributed by atoms with E-state index in [1.54, 1.807) is 12.1 Å². The molecule has 1 aliphatic rings. The van der Waals surface area contributed by atoms with Crippen molar-refractivity contribution in [1.82, 2.24) is 14.9 Å². The van der Waals surface area contributed by atoms with Crippen LogP contribution in [-0.4, -0.2) is 55.6 Å². The van der Waals surface area contributed by atoms with Crippen LogP contribution in [0.4, 0.5) is 10.1 Å². The lowest BCUT2D eigenvalue weighted by Gasteiger charge is -2.32. The fourth-order valence-corrected chi connectivity index (χ4v) is 5.39. The van der Waals surface area contributed by atoms with Gasteiger partial charge in [-0.1, -0.05) is 12.1 Å². The third-order valence-electron chi connectivity index (χ3n) is 5.66. The second-order valence-electron chi connectivity index (χ2n) is 8.48. The van der Waals surface area contributed by atoms with Crippen LogP contribution in [-0.2, 0) is 30.8 Å². The van der Waals surface area contributed by atoms with Gasteiger partial charge in [0.2, 0.25) is 27.7 Å². The van der Waals surface area contributed by atoms with Gasteiger partial charge in [0.05, 0.1) is 4.90 Å². The van der Waals surface area contributed by atoms with Crippen LogP contribution >= 0.6 is 0 Å². The number of hydrogen-bond acceptors (Lipinski definition) is 5. The van der Waals surface area contributed by atoms with Crippen LogP contribution in [0, 0.1) is 5.82 Å². The Kier molecular flexibility index (Phi) is 8.57. The minimum Gasteiger partial charge on any atom is -0.351 e. The van der Waals surface area contributed by atoms with Crippen molar-refractivity contribution in [2.24, 2.45) is 0 Å². The van der Waals surface area contributed by atoms with E-state index in [0.717, 1.165) is 0 Å². The number of piperidine rings is 1. The highest BCUT2D eigenvalue weighted by molar-refractivity contribution is 7.89.